The van der Waals surface area contributed by atoms with Crippen molar-refractivity contribution in [2.24, 2.45) is 0 Å². The number of aryl methyl sites for hydroxylation is 1. The van der Waals surface area contributed by atoms with E-state index in [1.165, 1.54) is 0 Å². The number of H-pyrrole nitrogens is 1. The van der Waals surface area contributed by atoms with E-state index < -0.39 is 5.97 Å². The fourth-order valence-corrected chi connectivity index (χ4v) is 2.20. The van der Waals surface area contributed by atoms with Crippen molar-refractivity contribution in [1.82, 2.24) is 20.4 Å². The van der Waals surface area contributed by atoms with Gasteiger partial charge in [0.15, 0.2) is 0 Å². The highest BCUT2D eigenvalue weighted by atomic mass is 16.5. The van der Waals surface area contributed by atoms with Crippen LogP contribution < -0.4 is 4.74 Å². The van der Waals surface area contributed by atoms with Gasteiger partial charge in [0.05, 0.1) is 0 Å². The highest BCUT2D eigenvalue weighted by Gasteiger charge is 2.16. The number of nitrogens with one attached hydrogen (secondary N) is 1. The number of rotatable bonds is 4. The number of aromatic nitrogens is 4. The van der Waals surface area contributed by atoms with Crippen LogP contribution in [0.3, 0.4) is 0 Å². The second-order valence-electron chi connectivity index (χ2n) is 4.99. The minimum Gasteiger partial charge on any atom is -0.476 e. The second-order valence-corrected chi connectivity index (χ2v) is 4.99. The Morgan fingerprint density at radius 3 is 2.61 bits per heavy atom. The molecule has 3 rings (SSSR count). The van der Waals surface area contributed by atoms with Crippen molar-refractivity contribution in [3.05, 3.63) is 53.5 Å². The van der Waals surface area contributed by atoms with Crippen LogP contribution in [-0.4, -0.2) is 31.5 Å². The van der Waals surface area contributed by atoms with Gasteiger partial charge in [-0.25, -0.2) is 9.89 Å². The number of benzene rings is 1. The van der Waals surface area contributed by atoms with E-state index in [0.29, 0.717) is 5.75 Å². The molecule has 0 amide bonds. The second kappa shape index (κ2) is 5.88. The number of aromatic amines is 1. The van der Waals surface area contributed by atoms with Gasteiger partial charge in [0.2, 0.25) is 5.69 Å². The lowest BCUT2D eigenvalue weighted by molar-refractivity contribution is 0.0687. The minimum absolute atomic E-state index is 0.0683. The van der Waals surface area contributed by atoms with E-state index in [1.54, 1.807) is 18.3 Å². The van der Waals surface area contributed by atoms with Gasteiger partial charge < -0.3 is 9.84 Å². The molecule has 2 heterocycles. The lowest BCUT2D eigenvalue weighted by Crippen LogP contribution is -1.99. The maximum atomic E-state index is 11.0. The SMILES string of the molecule is Cc1nccc(-c2ccc(Oc3nn[nH]c3C(=O)O)cc2)c1C. The molecule has 0 aliphatic rings. The Balaban J connectivity index is 1.86. The van der Waals surface area contributed by atoms with Crippen molar-refractivity contribution in [2.75, 3.05) is 0 Å². The third kappa shape index (κ3) is 2.89. The summed E-state index contributed by atoms with van der Waals surface area (Å²) in [6.45, 7) is 3.99. The normalized spacial score (nSPS) is 10.5. The molecule has 0 spiro atoms. The molecule has 0 radical (unpaired) electrons. The van der Waals surface area contributed by atoms with Gasteiger partial charge in [0.1, 0.15) is 5.75 Å². The van der Waals surface area contributed by atoms with Crippen LogP contribution in [0, 0.1) is 13.8 Å². The highest BCUT2D eigenvalue weighted by molar-refractivity contribution is 5.87. The zero-order valence-electron chi connectivity index (χ0n) is 12.6. The number of carboxylic acid groups (broad SMARTS) is 1. The summed E-state index contributed by atoms with van der Waals surface area (Å²) in [5.74, 6) is -0.765. The van der Waals surface area contributed by atoms with Gasteiger partial charge in [-0.1, -0.05) is 22.4 Å². The summed E-state index contributed by atoms with van der Waals surface area (Å²) in [5, 5.41) is 18.3. The van der Waals surface area contributed by atoms with Gasteiger partial charge in [-0.3, -0.25) is 4.98 Å². The molecular formula is C16H14N4O3. The standard InChI is InChI=1S/C16H14N4O3/c1-9-10(2)17-8-7-13(9)11-3-5-12(6-4-11)23-15-14(16(21)22)18-20-19-15/h3-8H,1-2H3,(H,21,22)(H,18,19,20). The lowest BCUT2D eigenvalue weighted by atomic mass is 10.0. The predicted molar refractivity (Wildman–Crippen MR) is 82.6 cm³/mol. The molecule has 0 unspecified atom stereocenters. The molecule has 1 aromatic carbocycles. The Morgan fingerprint density at radius 2 is 1.91 bits per heavy atom. The Morgan fingerprint density at radius 1 is 1.17 bits per heavy atom. The topological polar surface area (TPSA) is 101 Å². The first kappa shape index (κ1) is 14.7. The third-order valence-corrected chi connectivity index (χ3v) is 3.57. The molecule has 2 aromatic heterocycles. The number of carbonyl (C=O) groups is 1. The molecule has 7 heteroatoms. The smallest absolute Gasteiger partial charge is 0.359 e. The number of hydrogen-bond donors (Lipinski definition) is 2. The molecule has 0 saturated heterocycles. The van der Waals surface area contributed by atoms with E-state index in [-0.39, 0.29) is 11.6 Å². The first-order chi connectivity index (χ1) is 11.1. The summed E-state index contributed by atoms with van der Waals surface area (Å²) in [4.78, 5) is 15.2. The summed E-state index contributed by atoms with van der Waals surface area (Å²) in [5.41, 5.74) is 4.03. The largest absolute Gasteiger partial charge is 0.476 e. The molecular weight excluding hydrogens is 296 g/mol. The van der Waals surface area contributed by atoms with Gasteiger partial charge >= 0.3 is 5.97 Å². The first-order valence-corrected chi connectivity index (χ1v) is 6.91. The predicted octanol–water partition coefficient (Wildman–Crippen LogP) is 2.97. The van der Waals surface area contributed by atoms with Crippen molar-refractivity contribution >= 4 is 5.97 Å². The van der Waals surface area contributed by atoms with Crippen molar-refractivity contribution in [3.8, 4) is 22.8 Å². The monoisotopic (exact) mass is 310 g/mol. The average Bonchev–Trinajstić information content (AvgIpc) is 2.99. The molecule has 0 saturated carbocycles. The molecule has 116 valence electrons. The average molecular weight is 310 g/mol. The van der Waals surface area contributed by atoms with Crippen LogP contribution >= 0.6 is 0 Å². The molecule has 3 aromatic rings. The number of aromatic carboxylic acids is 1. The van der Waals surface area contributed by atoms with Gasteiger partial charge in [-0.15, -0.1) is 0 Å². The van der Waals surface area contributed by atoms with Crippen molar-refractivity contribution in [1.29, 1.82) is 0 Å². The molecule has 0 bridgehead atoms. The highest BCUT2D eigenvalue weighted by Crippen LogP contribution is 2.28. The minimum atomic E-state index is -1.18. The quantitative estimate of drug-likeness (QED) is 0.768. The van der Waals surface area contributed by atoms with E-state index in [2.05, 4.69) is 20.4 Å². The van der Waals surface area contributed by atoms with Crippen LogP contribution in [0.2, 0.25) is 0 Å². The zero-order chi connectivity index (χ0) is 16.4. The lowest BCUT2D eigenvalue weighted by Gasteiger charge is -2.09. The maximum absolute atomic E-state index is 11.0. The van der Waals surface area contributed by atoms with E-state index in [4.69, 9.17) is 9.84 Å². The molecule has 2 N–H and O–H groups in total. The molecule has 7 nitrogen and oxygen atoms in total. The molecule has 0 aliphatic carbocycles. The molecule has 0 fully saturated rings. The number of carboxylic acids is 1. The third-order valence-electron chi connectivity index (χ3n) is 3.57. The van der Waals surface area contributed by atoms with Crippen LogP contribution in [-0.2, 0) is 0 Å². The summed E-state index contributed by atoms with van der Waals surface area (Å²) < 4.78 is 5.46. The molecule has 0 aliphatic heterocycles. The maximum Gasteiger partial charge on any atom is 0.359 e. The Labute approximate surface area is 132 Å². The van der Waals surface area contributed by atoms with Gasteiger partial charge in [0, 0.05) is 11.9 Å². The summed E-state index contributed by atoms with van der Waals surface area (Å²) in [7, 11) is 0. The Bertz CT molecular complexity index is 856. The van der Waals surface area contributed by atoms with Crippen molar-refractivity contribution in [2.45, 2.75) is 13.8 Å². The number of pyridine rings is 1. The van der Waals surface area contributed by atoms with E-state index >= 15 is 0 Å². The number of nitrogens with zero attached hydrogens (tertiary/aromatic N) is 3. The first-order valence-electron chi connectivity index (χ1n) is 6.91. The van der Waals surface area contributed by atoms with Crippen LogP contribution in [0.1, 0.15) is 21.7 Å². The van der Waals surface area contributed by atoms with E-state index in [0.717, 1.165) is 22.4 Å². The molecule has 0 atom stereocenters. The van der Waals surface area contributed by atoms with Gasteiger partial charge in [-0.05, 0) is 48.7 Å². The fourth-order valence-electron chi connectivity index (χ4n) is 2.20. The van der Waals surface area contributed by atoms with Crippen LogP contribution in [0.4, 0.5) is 0 Å². The van der Waals surface area contributed by atoms with Crippen molar-refractivity contribution < 1.29 is 14.6 Å². The number of hydrogen-bond acceptors (Lipinski definition) is 5. The zero-order valence-corrected chi connectivity index (χ0v) is 12.6. The van der Waals surface area contributed by atoms with Gasteiger partial charge in [-0.2, -0.15) is 0 Å². The van der Waals surface area contributed by atoms with Crippen LogP contribution in [0.25, 0.3) is 11.1 Å². The Kier molecular flexibility index (Phi) is 3.76. The van der Waals surface area contributed by atoms with Crippen LogP contribution in [0.5, 0.6) is 11.6 Å². The Hall–Kier alpha value is -3.22. The van der Waals surface area contributed by atoms with Crippen molar-refractivity contribution in [3.63, 3.8) is 0 Å². The fraction of sp³-hybridized carbons (Fsp3) is 0.125. The summed E-state index contributed by atoms with van der Waals surface area (Å²) >= 11 is 0. The summed E-state index contributed by atoms with van der Waals surface area (Å²) in [6.07, 6.45) is 1.77. The summed E-state index contributed by atoms with van der Waals surface area (Å²) in [6, 6.07) is 9.27. The van der Waals surface area contributed by atoms with E-state index in [1.807, 2.05) is 32.0 Å². The van der Waals surface area contributed by atoms with Gasteiger partial charge in [0.25, 0.3) is 5.88 Å². The molecule has 23 heavy (non-hydrogen) atoms. The van der Waals surface area contributed by atoms with Crippen LogP contribution in [0.15, 0.2) is 36.5 Å². The van der Waals surface area contributed by atoms with E-state index in [9.17, 15) is 4.79 Å². The number of ether oxygens (including phenoxy) is 1.